The van der Waals surface area contributed by atoms with Crippen LogP contribution in [-0.2, 0) is 32.2 Å². The van der Waals surface area contributed by atoms with Gasteiger partial charge in [0, 0.05) is 37.3 Å². The Labute approximate surface area is 196 Å². The molecule has 5 N–H and O–H groups in total. The van der Waals surface area contributed by atoms with Gasteiger partial charge in [0.2, 0.25) is 11.8 Å². The van der Waals surface area contributed by atoms with E-state index in [1.54, 1.807) is 16.4 Å². The number of nitrogens with two attached hydrogens (primary N) is 1. The SMILES string of the molecule is O=C(c1ccc(CC2=NNN[NH2+]2)nn1)N1CCc2nc(NC3Cc4ccccc4C3)ncc2C1. The van der Waals surface area contributed by atoms with E-state index in [1.165, 1.54) is 11.1 Å². The quantitative estimate of drug-likeness (QED) is 0.376. The summed E-state index contributed by atoms with van der Waals surface area (Å²) in [4.78, 5) is 24.1. The molecule has 2 aliphatic heterocycles. The van der Waals surface area contributed by atoms with Crippen molar-refractivity contribution in [3.63, 3.8) is 0 Å². The van der Waals surface area contributed by atoms with Crippen molar-refractivity contribution in [2.45, 2.75) is 38.3 Å². The molecule has 3 aromatic rings. The Kier molecular flexibility index (Phi) is 5.32. The molecule has 6 rings (SSSR count). The Morgan fingerprint density at radius 2 is 1.97 bits per heavy atom. The zero-order chi connectivity index (χ0) is 22.9. The first-order valence-electron chi connectivity index (χ1n) is 11.4. The molecule has 0 fully saturated rings. The summed E-state index contributed by atoms with van der Waals surface area (Å²) in [5.41, 5.74) is 13.1. The molecular formula is C23H25N10O+. The Morgan fingerprint density at radius 1 is 1.12 bits per heavy atom. The lowest BCUT2D eigenvalue weighted by molar-refractivity contribution is -0.604. The highest BCUT2D eigenvalue weighted by Gasteiger charge is 2.26. The summed E-state index contributed by atoms with van der Waals surface area (Å²) >= 11 is 0. The number of hydrogen-bond donors (Lipinski definition) is 4. The smallest absolute Gasteiger partial charge is 0.274 e. The van der Waals surface area contributed by atoms with Gasteiger partial charge in [-0.25, -0.2) is 15.4 Å². The van der Waals surface area contributed by atoms with Gasteiger partial charge in [-0.3, -0.25) is 4.79 Å². The number of benzene rings is 1. The number of carbonyl (C=O) groups is 1. The molecule has 1 aromatic carbocycles. The molecule has 1 amide bonds. The van der Waals surface area contributed by atoms with Gasteiger partial charge in [-0.05, 0) is 36.1 Å². The largest absolute Gasteiger partial charge is 0.351 e. The number of amidine groups is 1. The highest BCUT2D eigenvalue weighted by Crippen LogP contribution is 2.25. The van der Waals surface area contributed by atoms with Crippen LogP contribution in [0.25, 0.3) is 0 Å². The molecule has 172 valence electrons. The second-order valence-corrected chi connectivity index (χ2v) is 8.75. The summed E-state index contributed by atoms with van der Waals surface area (Å²) in [6.45, 7) is 1.06. The number of fused-ring (bicyclic) bond motifs is 2. The molecule has 11 heteroatoms. The molecule has 0 saturated carbocycles. The van der Waals surface area contributed by atoms with Crippen molar-refractivity contribution in [2.75, 3.05) is 11.9 Å². The maximum absolute atomic E-state index is 13.0. The molecule has 1 aliphatic carbocycles. The highest BCUT2D eigenvalue weighted by molar-refractivity contribution is 5.92. The van der Waals surface area contributed by atoms with Crippen LogP contribution in [0.2, 0.25) is 0 Å². The normalized spacial score (nSPS) is 17.1. The van der Waals surface area contributed by atoms with E-state index < -0.39 is 0 Å². The van der Waals surface area contributed by atoms with Crippen molar-refractivity contribution < 1.29 is 10.2 Å². The first kappa shape index (κ1) is 20.6. The second kappa shape index (κ2) is 8.76. The van der Waals surface area contributed by atoms with E-state index in [1.807, 2.05) is 12.3 Å². The third-order valence-electron chi connectivity index (χ3n) is 6.41. The molecule has 3 aliphatic rings. The van der Waals surface area contributed by atoms with E-state index in [4.69, 9.17) is 4.98 Å². The van der Waals surface area contributed by atoms with Crippen molar-refractivity contribution in [2.24, 2.45) is 5.10 Å². The van der Waals surface area contributed by atoms with Crippen LogP contribution in [0.5, 0.6) is 0 Å². The van der Waals surface area contributed by atoms with E-state index in [0.717, 1.165) is 35.6 Å². The minimum atomic E-state index is -0.135. The molecule has 0 unspecified atom stereocenters. The highest BCUT2D eigenvalue weighted by atomic mass is 16.2. The van der Waals surface area contributed by atoms with Crippen LogP contribution in [0.3, 0.4) is 0 Å². The van der Waals surface area contributed by atoms with E-state index >= 15 is 0 Å². The van der Waals surface area contributed by atoms with Crippen LogP contribution in [0.4, 0.5) is 5.95 Å². The fourth-order valence-corrected chi connectivity index (χ4v) is 4.66. The lowest BCUT2D eigenvalue weighted by Gasteiger charge is -2.28. The lowest BCUT2D eigenvalue weighted by Crippen LogP contribution is -2.95. The fourth-order valence-electron chi connectivity index (χ4n) is 4.66. The molecule has 2 aromatic heterocycles. The van der Waals surface area contributed by atoms with Gasteiger partial charge in [0.25, 0.3) is 5.91 Å². The van der Waals surface area contributed by atoms with E-state index in [2.05, 4.69) is 60.9 Å². The predicted octanol–water partition coefficient (Wildman–Crippen LogP) is -0.513. The molecule has 34 heavy (non-hydrogen) atoms. The Hall–Kier alpha value is -3.96. The third kappa shape index (κ3) is 4.18. The van der Waals surface area contributed by atoms with Crippen LogP contribution in [0.1, 0.15) is 38.6 Å². The molecule has 0 saturated heterocycles. The number of anilines is 1. The van der Waals surface area contributed by atoms with E-state index in [9.17, 15) is 4.79 Å². The van der Waals surface area contributed by atoms with E-state index in [0.29, 0.717) is 43.6 Å². The second-order valence-electron chi connectivity index (χ2n) is 8.75. The topological polar surface area (TPSA) is 137 Å². The van der Waals surface area contributed by atoms with Gasteiger partial charge < -0.3 is 10.2 Å². The van der Waals surface area contributed by atoms with Gasteiger partial charge in [-0.15, -0.1) is 10.2 Å². The maximum Gasteiger partial charge on any atom is 0.274 e. The average Bonchev–Trinajstić information content (AvgIpc) is 3.53. The number of quaternary nitrogens is 1. The van der Waals surface area contributed by atoms with Gasteiger partial charge >= 0.3 is 0 Å². The van der Waals surface area contributed by atoms with Gasteiger partial charge in [0.15, 0.2) is 5.69 Å². The molecule has 0 atom stereocenters. The predicted molar refractivity (Wildman–Crippen MR) is 123 cm³/mol. The van der Waals surface area contributed by atoms with Gasteiger partial charge in [0.1, 0.15) is 0 Å². The van der Waals surface area contributed by atoms with Crippen molar-refractivity contribution in [1.82, 2.24) is 36.1 Å². The Bertz CT molecular complexity index is 1230. The van der Waals surface area contributed by atoms with Crippen molar-refractivity contribution in [3.05, 3.63) is 76.4 Å². The number of hydrazine groups is 1. The fraction of sp³-hybridized carbons (Fsp3) is 0.304. The minimum Gasteiger partial charge on any atom is -0.351 e. The van der Waals surface area contributed by atoms with Crippen LogP contribution in [-0.4, -0.2) is 49.4 Å². The zero-order valence-electron chi connectivity index (χ0n) is 18.5. The standard InChI is InChI=1S/C23H24N10O/c34-22(20-6-5-17(27-28-20)11-21-29-31-32-30-21)33-8-7-19-16(13-33)12-24-23(26-19)25-18-9-14-3-1-2-4-15(14)10-18/h1-6,12,18,31-32H,7-11,13H2,(H,29,30)(H,24,25,26)/p+1. The van der Waals surface area contributed by atoms with Crippen molar-refractivity contribution >= 4 is 17.7 Å². The Morgan fingerprint density at radius 3 is 2.71 bits per heavy atom. The van der Waals surface area contributed by atoms with Gasteiger partial charge in [0.05, 0.1) is 17.8 Å². The average molecular weight is 458 g/mol. The van der Waals surface area contributed by atoms with Crippen LogP contribution in [0, 0.1) is 0 Å². The lowest BCUT2D eigenvalue weighted by atomic mass is 10.1. The van der Waals surface area contributed by atoms with Crippen LogP contribution < -0.4 is 21.8 Å². The number of amides is 1. The first-order chi connectivity index (χ1) is 16.7. The van der Waals surface area contributed by atoms with Crippen molar-refractivity contribution in [3.8, 4) is 0 Å². The number of nitrogens with one attached hydrogen (secondary N) is 3. The van der Waals surface area contributed by atoms with Gasteiger partial charge in [-0.2, -0.15) is 10.6 Å². The van der Waals surface area contributed by atoms with Gasteiger partial charge in [-0.1, -0.05) is 29.8 Å². The van der Waals surface area contributed by atoms with Crippen LogP contribution >= 0.6 is 0 Å². The number of hydrogen-bond acceptors (Lipinski definition) is 9. The zero-order valence-corrected chi connectivity index (χ0v) is 18.5. The number of hydrazone groups is 1. The Balaban J connectivity index is 1.08. The monoisotopic (exact) mass is 457 g/mol. The number of rotatable bonds is 5. The summed E-state index contributed by atoms with van der Waals surface area (Å²) in [6, 6.07) is 12.4. The summed E-state index contributed by atoms with van der Waals surface area (Å²) in [7, 11) is 0. The third-order valence-corrected chi connectivity index (χ3v) is 6.41. The number of nitrogens with zero attached hydrogens (tertiary/aromatic N) is 6. The summed E-state index contributed by atoms with van der Waals surface area (Å²) in [5.74, 6) is 1.35. The minimum absolute atomic E-state index is 0.135. The number of aromatic nitrogens is 4. The molecular weight excluding hydrogens is 432 g/mol. The molecule has 4 heterocycles. The summed E-state index contributed by atoms with van der Waals surface area (Å²) in [6.07, 6.45) is 5.03. The maximum atomic E-state index is 13.0. The van der Waals surface area contributed by atoms with Crippen molar-refractivity contribution in [1.29, 1.82) is 0 Å². The van der Waals surface area contributed by atoms with Crippen LogP contribution in [0.15, 0.2) is 47.7 Å². The molecule has 0 spiro atoms. The first-order valence-corrected chi connectivity index (χ1v) is 11.4. The summed E-state index contributed by atoms with van der Waals surface area (Å²) < 4.78 is 0. The molecule has 0 radical (unpaired) electrons. The number of carbonyl (C=O) groups excluding carboxylic acids is 1. The molecule has 0 bridgehead atoms. The summed E-state index contributed by atoms with van der Waals surface area (Å²) in [5, 5.41) is 15.9. The molecule has 11 nitrogen and oxygen atoms in total. The van der Waals surface area contributed by atoms with E-state index in [-0.39, 0.29) is 5.91 Å².